The van der Waals surface area contributed by atoms with Crippen LogP contribution in [0.15, 0.2) is 0 Å². The molecule has 2 atom stereocenters. The molecule has 1 rings (SSSR count). The Bertz CT molecular complexity index is 441. The van der Waals surface area contributed by atoms with E-state index in [1.807, 2.05) is 0 Å². The summed E-state index contributed by atoms with van der Waals surface area (Å²) in [5, 5.41) is 2.50. The lowest BCUT2D eigenvalue weighted by Gasteiger charge is -2.20. The first-order valence-corrected chi connectivity index (χ1v) is 6.66. The molecule has 0 aliphatic carbocycles. The van der Waals surface area contributed by atoms with Crippen LogP contribution in [0.2, 0.25) is 0 Å². The maximum Gasteiger partial charge on any atom is 0.405 e. The second-order valence-electron chi connectivity index (χ2n) is 4.85. The predicted molar refractivity (Wildman–Crippen MR) is 66.9 cm³/mol. The molecule has 0 aromatic rings. The zero-order valence-corrected chi connectivity index (χ0v) is 11.8. The third-order valence-electron chi connectivity index (χ3n) is 3.19. The largest absolute Gasteiger partial charge is 0.438 e. The summed E-state index contributed by atoms with van der Waals surface area (Å²) in [6.45, 7) is -0.748. The molecule has 1 saturated heterocycles. The minimum atomic E-state index is -3.49. The number of halogens is 4. The molecule has 2 unspecified atom stereocenters. The highest BCUT2D eigenvalue weighted by atomic mass is 19.3. The first kappa shape index (κ1) is 19.1. The fourth-order valence-electron chi connectivity index (χ4n) is 2.04. The van der Waals surface area contributed by atoms with Crippen molar-refractivity contribution < 1.29 is 41.4 Å². The van der Waals surface area contributed by atoms with Crippen LogP contribution in [0.4, 0.5) is 22.4 Å². The molecule has 3 N–H and O–H groups in total. The Labute approximate surface area is 128 Å². The van der Waals surface area contributed by atoms with Gasteiger partial charge in [-0.1, -0.05) is 0 Å². The van der Waals surface area contributed by atoms with Gasteiger partial charge >= 0.3 is 6.09 Å². The third kappa shape index (κ3) is 6.00. The average Bonchev–Trinajstić information content (AvgIpc) is 2.82. The topological polar surface area (TPSA) is 108 Å². The van der Waals surface area contributed by atoms with Crippen LogP contribution in [0, 0.1) is 5.92 Å². The number of rotatable bonds is 9. The summed E-state index contributed by atoms with van der Waals surface area (Å²) in [6.07, 6.45) is -12.4. The highest BCUT2D eigenvalue weighted by Gasteiger charge is 2.35. The van der Waals surface area contributed by atoms with E-state index >= 15 is 0 Å². The van der Waals surface area contributed by atoms with E-state index in [1.165, 1.54) is 0 Å². The molecule has 0 aromatic heterocycles. The van der Waals surface area contributed by atoms with Crippen LogP contribution in [-0.4, -0.2) is 56.0 Å². The van der Waals surface area contributed by atoms with Crippen molar-refractivity contribution in [2.75, 3.05) is 13.2 Å². The molecule has 0 spiro atoms. The molecular formula is C12H16F4N2O5. The number of alkyl halides is 4. The molecule has 132 valence electrons. The number of carbonyl (C=O) groups excluding carboxylic acids is 3. The minimum absolute atomic E-state index is 0.231. The van der Waals surface area contributed by atoms with Crippen LogP contribution in [0.3, 0.4) is 0 Å². The van der Waals surface area contributed by atoms with Crippen LogP contribution in [0.1, 0.15) is 12.8 Å². The van der Waals surface area contributed by atoms with E-state index < -0.39 is 49.5 Å². The lowest BCUT2D eigenvalue weighted by molar-refractivity contribution is -0.152. The normalized spacial score (nSPS) is 19.3. The Morgan fingerprint density at radius 1 is 1.26 bits per heavy atom. The number of nitrogens with one attached hydrogen (secondary N) is 1. The van der Waals surface area contributed by atoms with Gasteiger partial charge in [-0.15, -0.1) is 0 Å². The Kier molecular flexibility index (Phi) is 7.20. The van der Waals surface area contributed by atoms with E-state index in [1.54, 1.807) is 0 Å². The fourth-order valence-corrected chi connectivity index (χ4v) is 2.04. The maximum absolute atomic E-state index is 12.3. The van der Waals surface area contributed by atoms with E-state index in [-0.39, 0.29) is 12.3 Å². The zero-order valence-electron chi connectivity index (χ0n) is 11.8. The van der Waals surface area contributed by atoms with Gasteiger partial charge in [-0.2, -0.15) is 0 Å². The predicted octanol–water partition coefficient (Wildman–Crippen LogP) is 0.461. The number of ketones is 1. The van der Waals surface area contributed by atoms with Crippen molar-refractivity contribution in [3.63, 3.8) is 0 Å². The van der Waals surface area contributed by atoms with E-state index in [0.717, 1.165) is 0 Å². The van der Waals surface area contributed by atoms with Gasteiger partial charge in [0.2, 0.25) is 5.91 Å². The molecule has 0 radical (unpaired) electrons. The summed E-state index contributed by atoms with van der Waals surface area (Å²) in [7, 11) is 0. The van der Waals surface area contributed by atoms with Gasteiger partial charge < -0.3 is 20.5 Å². The monoisotopic (exact) mass is 344 g/mol. The lowest BCUT2D eigenvalue weighted by atomic mass is 9.98. The van der Waals surface area contributed by atoms with Gasteiger partial charge in [0, 0.05) is 18.9 Å². The summed E-state index contributed by atoms with van der Waals surface area (Å²) in [6, 6.07) is 0. The minimum Gasteiger partial charge on any atom is -0.438 e. The van der Waals surface area contributed by atoms with Gasteiger partial charge in [0.05, 0.1) is 0 Å². The standard InChI is InChI=1S/C12H16F4N2O5/c13-9(14)8(10(15)16)22-4-6(19)7(23-12(17)21)3-5-1-2-18-11(5)20/h5,7-10H,1-4H2,(H2,17,21)(H,18,20). The number of carbonyl (C=O) groups is 3. The molecule has 0 aromatic carbocycles. The second kappa shape index (κ2) is 8.65. The molecule has 1 heterocycles. The average molecular weight is 344 g/mol. The number of hydrogen-bond acceptors (Lipinski definition) is 5. The molecule has 1 aliphatic rings. The highest BCUT2D eigenvalue weighted by Crippen LogP contribution is 2.20. The summed E-state index contributed by atoms with van der Waals surface area (Å²) >= 11 is 0. The van der Waals surface area contributed by atoms with Gasteiger partial charge in [-0.25, -0.2) is 22.4 Å². The van der Waals surface area contributed by atoms with E-state index in [9.17, 15) is 31.9 Å². The van der Waals surface area contributed by atoms with E-state index in [2.05, 4.69) is 14.8 Å². The van der Waals surface area contributed by atoms with Gasteiger partial charge in [0.15, 0.2) is 18.0 Å². The smallest absolute Gasteiger partial charge is 0.405 e. The Hall–Kier alpha value is -1.91. The molecule has 2 amide bonds. The molecule has 0 saturated carbocycles. The van der Waals surface area contributed by atoms with Crippen molar-refractivity contribution in [3.8, 4) is 0 Å². The van der Waals surface area contributed by atoms with Crippen molar-refractivity contribution in [2.45, 2.75) is 37.9 Å². The number of hydrogen-bond donors (Lipinski definition) is 2. The summed E-state index contributed by atoms with van der Waals surface area (Å²) < 4.78 is 58.0. The molecule has 1 aliphatic heterocycles. The maximum atomic E-state index is 12.3. The highest BCUT2D eigenvalue weighted by molar-refractivity contribution is 5.87. The fraction of sp³-hybridized carbons (Fsp3) is 0.750. The summed E-state index contributed by atoms with van der Waals surface area (Å²) in [5.74, 6) is -2.03. The molecule has 0 bridgehead atoms. The SMILES string of the molecule is NC(=O)OC(CC1CCNC1=O)C(=O)COC(C(F)F)C(F)F. The van der Waals surface area contributed by atoms with Crippen LogP contribution in [0.5, 0.6) is 0 Å². The molecule has 7 nitrogen and oxygen atoms in total. The van der Waals surface area contributed by atoms with E-state index in [4.69, 9.17) is 5.73 Å². The first-order valence-electron chi connectivity index (χ1n) is 6.66. The zero-order chi connectivity index (χ0) is 17.6. The number of primary amides is 1. The van der Waals surface area contributed by atoms with Crippen molar-refractivity contribution in [3.05, 3.63) is 0 Å². The number of amides is 2. The molecule has 23 heavy (non-hydrogen) atoms. The summed E-state index contributed by atoms with van der Waals surface area (Å²) in [5.41, 5.74) is 4.80. The number of Topliss-reactive ketones (excluding diaryl/α,β-unsaturated/α-hetero) is 1. The van der Waals surface area contributed by atoms with Crippen LogP contribution in [0.25, 0.3) is 0 Å². The van der Waals surface area contributed by atoms with E-state index in [0.29, 0.717) is 13.0 Å². The Morgan fingerprint density at radius 2 is 1.87 bits per heavy atom. The van der Waals surface area contributed by atoms with Gasteiger partial charge in [0.1, 0.15) is 6.61 Å². The van der Waals surface area contributed by atoms with Crippen LogP contribution < -0.4 is 11.1 Å². The van der Waals surface area contributed by atoms with Crippen molar-refractivity contribution >= 4 is 17.8 Å². The first-order chi connectivity index (χ1) is 10.7. The van der Waals surface area contributed by atoms with Crippen molar-refractivity contribution in [2.24, 2.45) is 11.7 Å². The van der Waals surface area contributed by atoms with Gasteiger partial charge in [-0.3, -0.25) is 9.59 Å². The quantitative estimate of drug-likeness (QED) is 0.591. The second-order valence-corrected chi connectivity index (χ2v) is 4.85. The van der Waals surface area contributed by atoms with Gasteiger partial charge in [0.25, 0.3) is 12.9 Å². The number of ether oxygens (including phenoxy) is 2. The van der Waals surface area contributed by atoms with Crippen molar-refractivity contribution in [1.82, 2.24) is 5.32 Å². The van der Waals surface area contributed by atoms with Crippen LogP contribution in [-0.2, 0) is 19.1 Å². The van der Waals surface area contributed by atoms with Crippen LogP contribution >= 0.6 is 0 Å². The number of nitrogens with two attached hydrogens (primary N) is 1. The lowest BCUT2D eigenvalue weighted by Crippen LogP contribution is -2.38. The Balaban J connectivity index is 2.64. The van der Waals surface area contributed by atoms with Crippen molar-refractivity contribution in [1.29, 1.82) is 0 Å². The summed E-state index contributed by atoms with van der Waals surface area (Å²) in [4.78, 5) is 34.1. The Morgan fingerprint density at radius 3 is 2.30 bits per heavy atom. The molecule has 11 heteroatoms. The van der Waals surface area contributed by atoms with Gasteiger partial charge in [-0.05, 0) is 6.42 Å². The molecule has 1 fully saturated rings. The molecular weight excluding hydrogens is 328 g/mol. The third-order valence-corrected chi connectivity index (χ3v) is 3.19.